The number of Topliss-reactive ketones (excluding diaryl/α,β-unsaturated/α-hetero) is 1. The van der Waals surface area contributed by atoms with Gasteiger partial charge in [-0.2, -0.15) is 0 Å². The predicted octanol–water partition coefficient (Wildman–Crippen LogP) is 2.44. The fourth-order valence-corrected chi connectivity index (χ4v) is 3.37. The van der Waals surface area contributed by atoms with Gasteiger partial charge in [0.1, 0.15) is 5.92 Å². The topological polar surface area (TPSA) is 68.6 Å². The minimum Gasteiger partial charge on any atom is -0.468 e. The molecule has 5 nitrogen and oxygen atoms in total. The van der Waals surface area contributed by atoms with E-state index in [0.717, 1.165) is 24.1 Å². The van der Waals surface area contributed by atoms with Gasteiger partial charge >= 0.3 is 5.97 Å². The smallest absolute Gasteiger partial charge is 0.315 e. The molecule has 0 radical (unpaired) electrons. The Hall–Kier alpha value is -2.30. The first kappa shape index (κ1) is 14.6. The molecule has 0 saturated heterocycles. The van der Waals surface area contributed by atoms with Crippen molar-refractivity contribution in [3.05, 3.63) is 41.4 Å². The number of nitrogens with zero attached hydrogens (tertiary/aromatic N) is 2. The van der Waals surface area contributed by atoms with Crippen molar-refractivity contribution in [2.45, 2.75) is 32.1 Å². The van der Waals surface area contributed by atoms with Crippen LogP contribution in [0.3, 0.4) is 0 Å². The Kier molecular flexibility index (Phi) is 3.88. The maximum Gasteiger partial charge on any atom is 0.315 e. The van der Waals surface area contributed by atoms with Crippen molar-refractivity contribution < 1.29 is 14.3 Å². The number of aliphatic imine (C=N–C) groups is 1. The molecular weight excluding hydrogens is 280 g/mol. The molecule has 2 aliphatic rings. The molecule has 1 unspecified atom stereocenters. The molecule has 1 aliphatic heterocycles. The van der Waals surface area contributed by atoms with Gasteiger partial charge in [0, 0.05) is 41.7 Å². The standard InChI is InChI=1S/C17H18N2O3/c1-10-14(17(21)22-2)15(11-6-8-18-9-7-11)16-12(19-10)4-3-5-13(16)20/h6-9,14-15H,3-5H2,1-2H3/t14?,15-/m0/s1. The molecular formula is C17H18N2O3. The lowest BCUT2D eigenvalue weighted by molar-refractivity contribution is -0.143. The molecule has 0 aromatic carbocycles. The number of pyridine rings is 1. The quantitative estimate of drug-likeness (QED) is 0.786. The number of esters is 1. The summed E-state index contributed by atoms with van der Waals surface area (Å²) in [6.45, 7) is 1.83. The number of ether oxygens (including phenoxy) is 1. The number of hydrogen-bond donors (Lipinski definition) is 0. The number of carbonyl (C=O) groups is 2. The van der Waals surface area contributed by atoms with Crippen LogP contribution in [0.2, 0.25) is 0 Å². The highest BCUT2D eigenvalue weighted by Crippen LogP contribution is 2.43. The zero-order chi connectivity index (χ0) is 15.7. The van der Waals surface area contributed by atoms with E-state index in [9.17, 15) is 9.59 Å². The number of aromatic nitrogens is 1. The molecule has 0 spiro atoms. The van der Waals surface area contributed by atoms with E-state index in [1.807, 2.05) is 19.1 Å². The van der Waals surface area contributed by atoms with Crippen LogP contribution in [-0.4, -0.2) is 29.6 Å². The van der Waals surface area contributed by atoms with Crippen LogP contribution in [0.5, 0.6) is 0 Å². The molecule has 1 aromatic rings. The van der Waals surface area contributed by atoms with Crippen molar-refractivity contribution in [3.63, 3.8) is 0 Å². The Morgan fingerprint density at radius 3 is 2.68 bits per heavy atom. The summed E-state index contributed by atoms with van der Waals surface area (Å²) in [6, 6.07) is 3.71. The molecule has 0 amide bonds. The van der Waals surface area contributed by atoms with Crippen molar-refractivity contribution in [1.82, 2.24) is 4.98 Å². The van der Waals surface area contributed by atoms with E-state index in [4.69, 9.17) is 4.74 Å². The highest BCUT2D eigenvalue weighted by Gasteiger charge is 2.42. The number of allylic oxidation sites excluding steroid dienone is 2. The summed E-state index contributed by atoms with van der Waals surface area (Å²) in [7, 11) is 1.37. The lowest BCUT2D eigenvalue weighted by Crippen LogP contribution is -2.36. The molecule has 0 saturated carbocycles. The van der Waals surface area contributed by atoms with Gasteiger partial charge < -0.3 is 4.74 Å². The van der Waals surface area contributed by atoms with E-state index in [2.05, 4.69) is 9.98 Å². The Bertz CT molecular complexity index is 676. The van der Waals surface area contributed by atoms with Gasteiger partial charge in [-0.3, -0.25) is 19.6 Å². The summed E-state index contributed by atoms with van der Waals surface area (Å²) in [5.41, 5.74) is 3.12. The molecule has 3 rings (SSSR count). The van der Waals surface area contributed by atoms with Crippen molar-refractivity contribution in [2.24, 2.45) is 10.9 Å². The highest BCUT2D eigenvalue weighted by molar-refractivity contribution is 6.08. The SMILES string of the molecule is COC(=O)C1C(C)=NC2=C(C(=O)CCC2)[C@H]1c1ccncc1. The molecule has 2 heterocycles. The summed E-state index contributed by atoms with van der Waals surface area (Å²) in [6.07, 6.45) is 5.48. The number of methoxy groups -OCH3 is 1. The fourth-order valence-electron chi connectivity index (χ4n) is 3.37. The Morgan fingerprint density at radius 2 is 2.00 bits per heavy atom. The molecule has 1 aliphatic carbocycles. The van der Waals surface area contributed by atoms with Gasteiger partial charge in [0.05, 0.1) is 7.11 Å². The van der Waals surface area contributed by atoms with Gasteiger partial charge in [0.25, 0.3) is 0 Å². The van der Waals surface area contributed by atoms with Crippen LogP contribution in [0.4, 0.5) is 0 Å². The molecule has 114 valence electrons. The summed E-state index contributed by atoms with van der Waals surface area (Å²) >= 11 is 0. The van der Waals surface area contributed by atoms with E-state index >= 15 is 0 Å². The molecule has 0 fully saturated rings. The van der Waals surface area contributed by atoms with Gasteiger partial charge in [0.2, 0.25) is 0 Å². The number of rotatable bonds is 2. The van der Waals surface area contributed by atoms with Crippen molar-refractivity contribution in [3.8, 4) is 0 Å². The Balaban J connectivity index is 2.17. The van der Waals surface area contributed by atoms with Gasteiger partial charge in [0.15, 0.2) is 5.78 Å². The van der Waals surface area contributed by atoms with Crippen LogP contribution >= 0.6 is 0 Å². The van der Waals surface area contributed by atoms with Crippen LogP contribution < -0.4 is 0 Å². The Labute approximate surface area is 129 Å². The van der Waals surface area contributed by atoms with E-state index in [1.165, 1.54) is 7.11 Å². The van der Waals surface area contributed by atoms with E-state index in [0.29, 0.717) is 17.7 Å². The van der Waals surface area contributed by atoms with Crippen LogP contribution in [0.1, 0.15) is 37.7 Å². The molecule has 2 atom stereocenters. The maximum atomic E-state index is 12.5. The second-order valence-corrected chi connectivity index (χ2v) is 5.65. The molecule has 0 bridgehead atoms. The van der Waals surface area contributed by atoms with Crippen molar-refractivity contribution in [1.29, 1.82) is 0 Å². The van der Waals surface area contributed by atoms with Gasteiger partial charge in [-0.15, -0.1) is 0 Å². The van der Waals surface area contributed by atoms with E-state index in [-0.39, 0.29) is 17.7 Å². The average molecular weight is 298 g/mol. The molecule has 0 N–H and O–H groups in total. The second kappa shape index (κ2) is 5.83. The molecule has 22 heavy (non-hydrogen) atoms. The largest absolute Gasteiger partial charge is 0.468 e. The van der Waals surface area contributed by atoms with Crippen LogP contribution in [0.25, 0.3) is 0 Å². The number of ketones is 1. The number of carbonyl (C=O) groups excluding carboxylic acids is 2. The summed E-state index contributed by atoms with van der Waals surface area (Å²) in [5.74, 6) is -1.13. The second-order valence-electron chi connectivity index (χ2n) is 5.65. The zero-order valence-corrected chi connectivity index (χ0v) is 12.7. The van der Waals surface area contributed by atoms with Crippen LogP contribution in [-0.2, 0) is 14.3 Å². The normalized spacial score (nSPS) is 24.6. The summed E-state index contributed by atoms with van der Waals surface area (Å²) in [5, 5.41) is 0. The first-order valence-corrected chi connectivity index (χ1v) is 7.42. The minimum absolute atomic E-state index is 0.0909. The lowest BCUT2D eigenvalue weighted by atomic mass is 9.72. The summed E-state index contributed by atoms with van der Waals surface area (Å²) in [4.78, 5) is 33.3. The third-order valence-corrected chi connectivity index (χ3v) is 4.35. The van der Waals surface area contributed by atoms with E-state index < -0.39 is 5.92 Å². The van der Waals surface area contributed by atoms with Crippen LogP contribution in [0.15, 0.2) is 40.8 Å². The van der Waals surface area contributed by atoms with Crippen molar-refractivity contribution in [2.75, 3.05) is 7.11 Å². The monoisotopic (exact) mass is 298 g/mol. The first-order chi connectivity index (χ1) is 10.6. The first-order valence-electron chi connectivity index (χ1n) is 7.42. The zero-order valence-electron chi connectivity index (χ0n) is 12.7. The van der Waals surface area contributed by atoms with Gasteiger partial charge in [-0.05, 0) is 37.5 Å². The third-order valence-electron chi connectivity index (χ3n) is 4.35. The highest BCUT2D eigenvalue weighted by atomic mass is 16.5. The van der Waals surface area contributed by atoms with Gasteiger partial charge in [-0.25, -0.2) is 0 Å². The van der Waals surface area contributed by atoms with Gasteiger partial charge in [-0.1, -0.05) is 0 Å². The Morgan fingerprint density at radius 1 is 1.27 bits per heavy atom. The average Bonchev–Trinajstić information content (AvgIpc) is 2.54. The maximum absolute atomic E-state index is 12.5. The lowest BCUT2D eigenvalue weighted by Gasteiger charge is -2.34. The predicted molar refractivity (Wildman–Crippen MR) is 81.5 cm³/mol. The van der Waals surface area contributed by atoms with E-state index in [1.54, 1.807) is 12.4 Å². The fraction of sp³-hybridized carbons (Fsp3) is 0.412. The van der Waals surface area contributed by atoms with Crippen LogP contribution in [0, 0.1) is 5.92 Å². The third kappa shape index (κ3) is 2.36. The number of hydrogen-bond acceptors (Lipinski definition) is 5. The van der Waals surface area contributed by atoms with Crippen molar-refractivity contribution >= 4 is 17.5 Å². The minimum atomic E-state index is -0.548. The summed E-state index contributed by atoms with van der Waals surface area (Å²) < 4.78 is 4.96. The molecule has 5 heteroatoms. The molecule has 1 aromatic heterocycles.